The highest BCUT2D eigenvalue weighted by molar-refractivity contribution is 5.53. The lowest BCUT2D eigenvalue weighted by Gasteiger charge is -2.14. The number of hydrogen-bond donors (Lipinski definition) is 2. The summed E-state index contributed by atoms with van der Waals surface area (Å²) >= 11 is 0. The van der Waals surface area contributed by atoms with Gasteiger partial charge in [0.15, 0.2) is 0 Å². The van der Waals surface area contributed by atoms with Crippen LogP contribution in [0.2, 0.25) is 0 Å². The van der Waals surface area contributed by atoms with Crippen LogP contribution in [0.1, 0.15) is 35.9 Å². The number of rotatable bonds is 11. The number of nitrogens with zero attached hydrogens (tertiary/aromatic N) is 1. The topological polar surface area (TPSA) is 37.0 Å². The molecule has 3 aromatic rings. The smallest absolute Gasteiger partial charge is 0.0598 e. The fourth-order valence-corrected chi connectivity index (χ4v) is 3.37. The van der Waals surface area contributed by atoms with Gasteiger partial charge in [-0.25, -0.2) is 0 Å². The molecule has 0 atom stereocenters. The van der Waals surface area contributed by atoms with Gasteiger partial charge < -0.3 is 10.6 Å². The lowest BCUT2D eigenvalue weighted by atomic mass is 10.0. The van der Waals surface area contributed by atoms with Gasteiger partial charge >= 0.3 is 0 Å². The summed E-state index contributed by atoms with van der Waals surface area (Å²) in [6.07, 6.45) is 5.54. The zero-order valence-corrected chi connectivity index (χ0v) is 18.3. The van der Waals surface area contributed by atoms with E-state index < -0.39 is 0 Å². The minimum atomic E-state index is 0.650. The van der Waals surface area contributed by atoms with Crippen LogP contribution >= 0.6 is 0 Å². The predicted molar refractivity (Wildman–Crippen MR) is 132 cm³/mol. The normalized spacial score (nSPS) is 11.1. The molecular formula is C28H31N3. The maximum absolute atomic E-state index is 4.81. The summed E-state index contributed by atoms with van der Waals surface area (Å²) < 4.78 is 0. The Hall–Kier alpha value is -3.59. The predicted octanol–water partition coefficient (Wildman–Crippen LogP) is 6.41. The average molecular weight is 410 g/mol. The highest BCUT2D eigenvalue weighted by atomic mass is 14.9. The Balaban J connectivity index is 1.64. The number of aromatic nitrogens is 1. The van der Waals surface area contributed by atoms with Crippen LogP contribution in [0.3, 0.4) is 0 Å². The quantitative estimate of drug-likeness (QED) is 0.359. The van der Waals surface area contributed by atoms with E-state index in [9.17, 15) is 0 Å². The molecule has 0 aliphatic rings. The third-order valence-electron chi connectivity index (χ3n) is 5.13. The summed E-state index contributed by atoms with van der Waals surface area (Å²) in [5.74, 6) is 0. The van der Waals surface area contributed by atoms with Gasteiger partial charge in [0.2, 0.25) is 0 Å². The fourth-order valence-electron chi connectivity index (χ4n) is 3.37. The van der Waals surface area contributed by atoms with Crippen molar-refractivity contribution in [2.45, 2.75) is 32.9 Å². The average Bonchev–Trinajstić information content (AvgIpc) is 2.81. The van der Waals surface area contributed by atoms with Crippen LogP contribution in [0.5, 0.6) is 0 Å². The molecule has 3 heteroatoms. The van der Waals surface area contributed by atoms with Gasteiger partial charge in [-0.05, 0) is 53.8 Å². The van der Waals surface area contributed by atoms with Gasteiger partial charge in [-0.1, -0.05) is 80.8 Å². The number of benzene rings is 2. The lowest BCUT2D eigenvalue weighted by Crippen LogP contribution is -2.15. The van der Waals surface area contributed by atoms with E-state index in [0.717, 1.165) is 41.2 Å². The molecule has 0 saturated carbocycles. The highest BCUT2D eigenvalue weighted by Gasteiger charge is 2.05. The SMILES string of the molecule is C=C/C=C(/NCc1cccc(CNc2ccccc2Cc2ccccc2)n1)C(=C)CC. The Morgan fingerprint density at radius 2 is 1.61 bits per heavy atom. The van der Waals surface area contributed by atoms with E-state index in [4.69, 9.17) is 4.98 Å². The molecule has 2 N–H and O–H groups in total. The van der Waals surface area contributed by atoms with Gasteiger partial charge in [0.25, 0.3) is 0 Å². The fraction of sp³-hybridized carbons (Fsp3) is 0.179. The first-order valence-corrected chi connectivity index (χ1v) is 10.7. The van der Waals surface area contributed by atoms with Gasteiger partial charge in [-0.3, -0.25) is 4.98 Å². The summed E-state index contributed by atoms with van der Waals surface area (Å²) in [6.45, 7) is 11.3. The Bertz CT molecular complexity index is 1030. The third kappa shape index (κ3) is 6.71. The summed E-state index contributed by atoms with van der Waals surface area (Å²) in [6, 6.07) is 25.2. The van der Waals surface area contributed by atoms with Gasteiger partial charge in [-0.2, -0.15) is 0 Å². The van der Waals surface area contributed by atoms with Gasteiger partial charge in [0.05, 0.1) is 24.5 Å². The summed E-state index contributed by atoms with van der Waals surface area (Å²) in [7, 11) is 0. The molecule has 0 unspecified atom stereocenters. The molecule has 0 aliphatic carbocycles. The molecule has 0 aliphatic heterocycles. The molecule has 0 saturated heterocycles. The second-order valence-electron chi connectivity index (χ2n) is 7.42. The lowest BCUT2D eigenvalue weighted by molar-refractivity contribution is 0.778. The van der Waals surface area contributed by atoms with Crippen molar-refractivity contribution in [3.8, 4) is 0 Å². The number of anilines is 1. The van der Waals surface area contributed by atoms with Crippen molar-refractivity contribution in [3.63, 3.8) is 0 Å². The van der Waals surface area contributed by atoms with Crippen molar-refractivity contribution in [3.05, 3.63) is 132 Å². The molecule has 3 nitrogen and oxygen atoms in total. The standard InChI is InChI=1S/C28H31N3/c1-4-12-27(22(3)5-2)29-20-25-16-11-17-26(31-25)21-30-28-18-10-9-15-24(28)19-23-13-7-6-8-14-23/h4,6-18,29-30H,1,3,5,19-21H2,2H3/b27-12+. The van der Waals surface area contributed by atoms with Crippen LogP contribution in [0.15, 0.2) is 109 Å². The van der Waals surface area contributed by atoms with Gasteiger partial charge in [-0.15, -0.1) is 0 Å². The van der Waals surface area contributed by atoms with Gasteiger partial charge in [0, 0.05) is 11.4 Å². The zero-order chi connectivity index (χ0) is 21.9. The largest absolute Gasteiger partial charge is 0.379 e. The summed E-state index contributed by atoms with van der Waals surface area (Å²) in [5, 5.41) is 7.00. The van der Waals surface area contributed by atoms with Crippen LogP contribution in [0, 0.1) is 0 Å². The minimum absolute atomic E-state index is 0.650. The molecule has 31 heavy (non-hydrogen) atoms. The summed E-state index contributed by atoms with van der Waals surface area (Å²) in [5.41, 5.74) is 7.81. The molecule has 0 radical (unpaired) electrons. The number of nitrogens with one attached hydrogen (secondary N) is 2. The Morgan fingerprint density at radius 1 is 0.903 bits per heavy atom. The van der Waals surface area contributed by atoms with Crippen LogP contribution in [-0.2, 0) is 19.5 Å². The number of allylic oxidation sites excluding steroid dienone is 3. The molecule has 0 amide bonds. The molecule has 158 valence electrons. The van der Waals surface area contributed by atoms with E-state index in [1.165, 1.54) is 11.1 Å². The van der Waals surface area contributed by atoms with Crippen molar-refractivity contribution < 1.29 is 0 Å². The number of para-hydroxylation sites is 1. The molecule has 1 heterocycles. The van der Waals surface area contributed by atoms with Crippen molar-refractivity contribution in [1.82, 2.24) is 10.3 Å². The number of pyridine rings is 1. The van der Waals surface area contributed by atoms with E-state index in [1.54, 1.807) is 6.08 Å². The molecule has 1 aromatic heterocycles. The van der Waals surface area contributed by atoms with Crippen LogP contribution in [-0.4, -0.2) is 4.98 Å². The van der Waals surface area contributed by atoms with Crippen LogP contribution in [0.4, 0.5) is 5.69 Å². The van der Waals surface area contributed by atoms with Crippen LogP contribution in [0.25, 0.3) is 0 Å². The van der Waals surface area contributed by atoms with Gasteiger partial charge in [0.1, 0.15) is 0 Å². The van der Waals surface area contributed by atoms with E-state index in [2.05, 4.69) is 97.4 Å². The molecule has 0 fully saturated rings. The van der Waals surface area contributed by atoms with E-state index >= 15 is 0 Å². The Labute approximate surface area is 186 Å². The highest BCUT2D eigenvalue weighted by Crippen LogP contribution is 2.20. The van der Waals surface area contributed by atoms with Crippen molar-refractivity contribution in [1.29, 1.82) is 0 Å². The third-order valence-corrected chi connectivity index (χ3v) is 5.13. The van der Waals surface area contributed by atoms with E-state index in [-0.39, 0.29) is 0 Å². The first-order chi connectivity index (χ1) is 15.2. The maximum Gasteiger partial charge on any atom is 0.0598 e. The van der Waals surface area contributed by atoms with Crippen molar-refractivity contribution >= 4 is 5.69 Å². The van der Waals surface area contributed by atoms with Crippen LogP contribution < -0.4 is 10.6 Å². The zero-order valence-electron chi connectivity index (χ0n) is 18.3. The summed E-state index contributed by atoms with van der Waals surface area (Å²) in [4.78, 5) is 4.81. The molecule has 2 aromatic carbocycles. The molecule has 3 rings (SSSR count). The second kappa shape index (κ2) is 11.6. The first-order valence-electron chi connectivity index (χ1n) is 10.7. The second-order valence-corrected chi connectivity index (χ2v) is 7.42. The first kappa shape index (κ1) is 22.1. The molecule has 0 spiro atoms. The monoisotopic (exact) mass is 409 g/mol. The van der Waals surface area contributed by atoms with Crippen molar-refractivity contribution in [2.75, 3.05) is 5.32 Å². The molecule has 0 bridgehead atoms. The van der Waals surface area contributed by atoms with E-state index in [0.29, 0.717) is 13.1 Å². The molecular weight excluding hydrogens is 378 g/mol. The number of hydrogen-bond acceptors (Lipinski definition) is 3. The van der Waals surface area contributed by atoms with Crippen molar-refractivity contribution in [2.24, 2.45) is 0 Å². The van der Waals surface area contributed by atoms with E-state index in [1.807, 2.05) is 12.1 Å². The maximum atomic E-state index is 4.81. The Kier molecular flexibility index (Phi) is 8.24. The minimum Gasteiger partial charge on any atom is -0.379 e. The Morgan fingerprint density at radius 3 is 2.35 bits per heavy atom.